The molecule has 4 rings (SSSR count). The average molecular weight is 329 g/mol. The first-order valence-electron chi connectivity index (χ1n) is 7.96. The quantitative estimate of drug-likeness (QED) is 0.803. The van der Waals surface area contributed by atoms with Gasteiger partial charge in [-0.1, -0.05) is 42.1 Å². The fourth-order valence-corrected chi connectivity index (χ4v) is 4.03. The number of aromatic nitrogens is 2. The molecule has 0 amide bonds. The molecular formula is C17H19N3O2S. The molecule has 23 heavy (non-hydrogen) atoms. The van der Waals surface area contributed by atoms with Crippen molar-refractivity contribution < 1.29 is 4.74 Å². The van der Waals surface area contributed by atoms with Gasteiger partial charge in [0.05, 0.1) is 18.8 Å². The number of hydrogen-bond donors (Lipinski definition) is 0. The summed E-state index contributed by atoms with van der Waals surface area (Å²) in [7, 11) is 0. The van der Waals surface area contributed by atoms with Crippen LogP contribution in [0.5, 0.6) is 0 Å². The van der Waals surface area contributed by atoms with Gasteiger partial charge in [0.2, 0.25) is 0 Å². The summed E-state index contributed by atoms with van der Waals surface area (Å²) < 4.78 is 7.27. The van der Waals surface area contributed by atoms with E-state index in [1.54, 1.807) is 11.8 Å². The smallest absolute Gasteiger partial charge is 0.259 e. The van der Waals surface area contributed by atoms with Gasteiger partial charge in [-0.2, -0.15) is 0 Å². The predicted molar refractivity (Wildman–Crippen MR) is 91.5 cm³/mol. The van der Waals surface area contributed by atoms with Crippen molar-refractivity contribution in [3.8, 4) is 0 Å². The molecule has 1 saturated heterocycles. The SMILES string of the molecule is O=c1c(Cc2ccccc2)c(N2CCOCC2)nc2n1CCS2. The van der Waals surface area contributed by atoms with Gasteiger partial charge in [0.1, 0.15) is 5.82 Å². The Balaban J connectivity index is 1.79. The topological polar surface area (TPSA) is 47.4 Å². The fourth-order valence-electron chi connectivity index (χ4n) is 3.09. The van der Waals surface area contributed by atoms with Gasteiger partial charge in [0, 0.05) is 31.8 Å². The molecule has 0 radical (unpaired) electrons. The maximum absolute atomic E-state index is 13.0. The van der Waals surface area contributed by atoms with E-state index in [9.17, 15) is 4.79 Å². The molecule has 0 saturated carbocycles. The predicted octanol–water partition coefficient (Wildman–Crippen LogP) is 1.78. The molecule has 1 aromatic heterocycles. The molecule has 1 aromatic carbocycles. The van der Waals surface area contributed by atoms with Crippen LogP contribution in [0.4, 0.5) is 5.82 Å². The van der Waals surface area contributed by atoms with Crippen LogP contribution < -0.4 is 10.5 Å². The van der Waals surface area contributed by atoms with Crippen LogP contribution in [0, 0.1) is 0 Å². The summed E-state index contributed by atoms with van der Waals surface area (Å²) in [6.07, 6.45) is 0.629. The zero-order valence-corrected chi connectivity index (χ0v) is 13.7. The fraction of sp³-hybridized carbons (Fsp3) is 0.412. The van der Waals surface area contributed by atoms with Crippen molar-refractivity contribution in [3.05, 3.63) is 51.8 Å². The van der Waals surface area contributed by atoms with Gasteiger partial charge in [-0.05, 0) is 5.56 Å². The Morgan fingerprint density at radius 1 is 1.13 bits per heavy atom. The summed E-state index contributed by atoms with van der Waals surface area (Å²) in [5, 5.41) is 0.855. The van der Waals surface area contributed by atoms with Crippen LogP contribution in [-0.2, 0) is 17.7 Å². The Labute approximate surface area is 139 Å². The number of benzene rings is 1. The number of hydrogen-bond acceptors (Lipinski definition) is 5. The van der Waals surface area contributed by atoms with Crippen LogP contribution in [-0.4, -0.2) is 41.6 Å². The van der Waals surface area contributed by atoms with E-state index in [1.165, 1.54) is 0 Å². The Morgan fingerprint density at radius 2 is 1.91 bits per heavy atom. The lowest BCUT2D eigenvalue weighted by molar-refractivity contribution is 0.122. The maximum Gasteiger partial charge on any atom is 0.259 e. The molecule has 1 fully saturated rings. The molecule has 120 valence electrons. The second-order valence-corrected chi connectivity index (χ2v) is 6.83. The standard InChI is InChI=1S/C17H19N3O2S/c21-16-14(12-13-4-2-1-3-5-13)15(19-6-9-22-10-7-19)18-17-20(16)8-11-23-17/h1-5H,6-12H2. The largest absolute Gasteiger partial charge is 0.378 e. The first-order chi connectivity index (χ1) is 11.3. The molecule has 0 aliphatic carbocycles. The Kier molecular flexibility index (Phi) is 4.10. The number of ether oxygens (including phenoxy) is 1. The zero-order chi connectivity index (χ0) is 15.6. The van der Waals surface area contributed by atoms with Gasteiger partial charge < -0.3 is 9.64 Å². The van der Waals surface area contributed by atoms with E-state index < -0.39 is 0 Å². The number of nitrogens with zero attached hydrogens (tertiary/aromatic N) is 3. The molecular weight excluding hydrogens is 310 g/mol. The zero-order valence-electron chi connectivity index (χ0n) is 12.9. The summed E-state index contributed by atoms with van der Waals surface area (Å²) in [5.41, 5.74) is 2.07. The highest BCUT2D eigenvalue weighted by atomic mass is 32.2. The van der Waals surface area contributed by atoms with Crippen molar-refractivity contribution >= 4 is 17.6 Å². The molecule has 6 heteroatoms. The average Bonchev–Trinajstić information content (AvgIpc) is 3.08. The molecule has 2 aliphatic rings. The molecule has 0 spiro atoms. The summed E-state index contributed by atoms with van der Waals surface area (Å²) >= 11 is 1.67. The van der Waals surface area contributed by atoms with Crippen LogP contribution in [0.25, 0.3) is 0 Å². The molecule has 3 heterocycles. The van der Waals surface area contributed by atoms with Gasteiger partial charge in [0.25, 0.3) is 5.56 Å². The van der Waals surface area contributed by atoms with Crippen molar-refractivity contribution in [1.29, 1.82) is 0 Å². The summed E-state index contributed by atoms with van der Waals surface area (Å²) in [6.45, 7) is 3.73. The first-order valence-corrected chi connectivity index (χ1v) is 8.94. The number of anilines is 1. The molecule has 0 atom stereocenters. The van der Waals surface area contributed by atoms with Gasteiger partial charge in [0.15, 0.2) is 5.16 Å². The Morgan fingerprint density at radius 3 is 2.70 bits per heavy atom. The molecule has 2 aliphatic heterocycles. The Bertz CT molecular complexity index is 754. The highest BCUT2D eigenvalue weighted by Crippen LogP contribution is 2.27. The number of fused-ring (bicyclic) bond motifs is 1. The van der Waals surface area contributed by atoms with Crippen molar-refractivity contribution in [2.24, 2.45) is 0 Å². The van der Waals surface area contributed by atoms with E-state index in [0.717, 1.165) is 47.5 Å². The lowest BCUT2D eigenvalue weighted by Crippen LogP contribution is -2.39. The van der Waals surface area contributed by atoms with Crippen LogP contribution in [0.15, 0.2) is 40.3 Å². The number of rotatable bonds is 3. The molecule has 5 nitrogen and oxygen atoms in total. The number of thioether (sulfide) groups is 1. The first kappa shape index (κ1) is 14.8. The van der Waals surface area contributed by atoms with Crippen molar-refractivity contribution in [3.63, 3.8) is 0 Å². The lowest BCUT2D eigenvalue weighted by atomic mass is 10.1. The summed E-state index contributed by atoms with van der Waals surface area (Å²) in [5.74, 6) is 1.78. The second-order valence-electron chi connectivity index (χ2n) is 5.76. The third-order valence-corrected chi connectivity index (χ3v) is 5.24. The van der Waals surface area contributed by atoms with Crippen molar-refractivity contribution in [2.75, 3.05) is 37.0 Å². The normalized spacial score (nSPS) is 17.3. The van der Waals surface area contributed by atoms with Crippen molar-refractivity contribution in [1.82, 2.24) is 9.55 Å². The lowest BCUT2D eigenvalue weighted by Gasteiger charge is -2.29. The Hall–Kier alpha value is -1.79. The monoisotopic (exact) mass is 329 g/mol. The van der Waals surface area contributed by atoms with Crippen LogP contribution in [0.1, 0.15) is 11.1 Å². The van der Waals surface area contributed by atoms with E-state index >= 15 is 0 Å². The van der Waals surface area contributed by atoms with Gasteiger partial charge in [-0.3, -0.25) is 9.36 Å². The summed E-state index contributed by atoms with van der Waals surface area (Å²) in [6, 6.07) is 10.1. The third-order valence-electron chi connectivity index (χ3n) is 4.29. The minimum atomic E-state index is 0.116. The third kappa shape index (κ3) is 2.88. The van der Waals surface area contributed by atoms with Gasteiger partial charge >= 0.3 is 0 Å². The maximum atomic E-state index is 13.0. The minimum Gasteiger partial charge on any atom is -0.378 e. The van der Waals surface area contributed by atoms with Gasteiger partial charge in [-0.25, -0.2) is 4.98 Å². The van der Waals surface area contributed by atoms with Gasteiger partial charge in [-0.15, -0.1) is 0 Å². The van der Waals surface area contributed by atoms with E-state index in [0.29, 0.717) is 19.6 Å². The van der Waals surface area contributed by atoms with Crippen LogP contribution in [0.3, 0.4) is 0 Å². The van der Waals surface area contributed by atoms with Crippen LogP contribution >= 0.6 is 11.8 Å². The van der Waals surface area contributed by atoms with E-state index in [2.05, 4.69) is 17.0 Å². The van der Waals surface area contributed by atoms with E-state index in [-0.39, 0.29) is 5.56 Å². The van der Waals surface area contributed by atoms with E-state index in [1.807, 2.05) is 22.8 Å². The minimum absolute atomic E-state index is 0.116. The summed E-state index contributed by atoms with van der Waals surface area (Å²) in [4.78, 5) is 20.0. The van der Waals surface area contributed by atoms with Crippen molar-refractivity contribution in [2.45, 2.75) is 18.1 Å². The van der Waals surface area contributed by atoms with Crippen LogP contribution in [0.2, 0.25) is 0 Å². The molecule has 0 unspecified atom stereocenters. The second kappa shape index (κ2) is 6.37. The van der Waals surface area contributed by atoms with E-state index in [4.69, 9.17) is 9.72 Å². The molecule has 0 bridgehead atoms. The molecule has 0 N–H and O–H groups in total. The highest BCUT2D eigenvalue weighted by molar-refractivity contribution is 7.99. The number of morpholine rings is 1. The molecule has 2 aromatic rings. The highest BCUT2D eigenvalue weighted by Gasteiger charge is 2.25.